The highest BCUT2D eigenvalue weighted by atomic mass is 79.9. The maximum atomic E-state index is 6.65. The van der Waals surface area contributed by atoms with Gasteiger partial charge in [-0.25, -0.2) is 0 Å². The Hall–Kier alpha value is -0.0100. The predicted molar refractivity (Wildman–Crippen MR) is 87.8 cm³/mol. The largest absolute Gasteiger partial charge is 0.123 e. The van der Waals surface area contributed by atoms with E-state index in [1.807, 2.05) is 0 Å². The van der Waals surface area contributed by atoms with Gasteiger partial charge in [-0.3, -0.25) is 0 Å². The molecule has 106 valence electrons. The van der Waals surface area contributed by atoms with Crippen molar-refractivity contribution in [3.63, 3.8) is 0 Å². The molecule has 0 saturated heterocycles. The lowest BCUT2D eigenvalue weighted by Crippen LogP contribution is -2.37. The lowest BCUT2D eigenvalue weighted by atomic mass is 9.66. The fourth-order valence-electron chi connectivity index (χ4n) is 3.50. The molecule has 3 atom stereocenters. The van der Waals surface area contributed by atoms with Crippen LogP contribution in [0.25, 0.3) is 0 Å². The maximum Gasteiger partial charge on any atom is 0.0372 e. The molecule has 0 N–H and O–H groups in total. The summed E-state index contributed by atoms with van der Waals surface area (Å²) in [7, 11) is 0. The fourth-order valence-corrected chi connectivity index (χ4v) is 4.71. The molecule has 0 spiro atoms. The highest BCUT2D eigenvalue weighted by Gasteiger charge is 2.38. The third kappa shape index (κ3) is 3.98. The zero-order chi connectivity index (χ0) is 14.0. The summed E-state index contributed by atoms with van der Waals surface area (Å²) in [6.45, 7) is 7.08. The van der Waals surface area contributed by atoms with E-state index in [1.54, 1.807) is 0 Å². The van der Waals surface area contributed by atoms with Gasteiger partial charge in [0, 0.05) is 9.85 Å². The summed E-state index contributed by atoms with van der Waals surface area (Å²) in [5.74, 6) is 1.42. The summed E-state index contributed by atoms with van der Waals surface area (Å²) in [6, 6.07) is 8.66. The van der Waals surface area contributed by atoms with Crippen molar-refractivity contribution in [3.8, 4) is 0 Å². The molecule has 0 aliphatic heterocycles. The Morgan fingerprint density at radius 2 is 2.05 bits per heavy atom. The van der Waals surface area contributed by atoms with Crippen LogP contribution in [0.2, 0.25) is 0 Å². The van der Waals surface area contributed by atoms with Crippen LogP contribution in [0.4, 0.5) is 0 Å². The summed E-state index contributed by atoms with van der Waals surface area (Å²) in [5.41, 5.74) is 1.68. The van der Waals surface area contributed by atoms with E-state index < -0.39 is 0 Å². The van der Waals surface area contributed by atoms with Gasteiger partial charge in [0.2, 0.25) is 0 Å². The minimum atomic E-state index is 0.271. The van der Waals surface area contributed by atoms with Gasteiger partial charge in [-0.05, 0) is 54.2 Å². The summed E-state index contributed by atoms with van der Waals surface area (Å²) >= 11 is 10.2. The fraction of sp³-hybridized carbons (Fsp3) is 0.647. The van der Waals surface area contributed by atoms with Gasteiger partial charge in [-0.2, -0.15) is 0 Å². The number of benzene rings is 1. The third-order valence-corrected chi connectivity index (χ3v) is 5.56. The quantitative estimate of drug-likeness (QED) is 0.585. The highest BCUT2D eigenvalue weighted by molar-refractivity contribution is 9.10. The molecule has 0 nitrogen and oxygen atoms in total. The number of hydrogen-bond acceptors (Lipinski definition) is 0. The molecule has 2 heteroatoms. The Labute approximate surface area is 131 Å². The molecule has 0 bridgehead atoms. The van der Waals surface area contributed by atoms with Crippen LogP contribution in [0.1, 0.15) is 45.6 Å². The van der Waals surface area contributed by atoms with Crippen LogP contribution in [0.3, 0.4) is 0 Å². The van der Waals surface area contributed by atoms with Gasteiger partial charge in [0.05, 0.1) is 0 Å². The van der Waals surface area contributed by atoms with Crippen LogP contribution in [-0.2, 0) is 6.42 Å². The molecule has 0 amide bonds. The van der Waals surface area contributed by atoms with E-state index in [9.17, 15) is 0 Å². The van der Waals surface area contributed by atoms with Crippen molar-refractivity contribution in [3.05, 3.63) is 34.3 Å². The van der Waals surface area contributed by atoms with E-state index >= 15 is 0 Å². The standard InChI is InChI=1S/C17H24BrCl/c1-12-7-8-15(16(19)9-12)17(2,3)11-13-5-4-6-14(18)10-13/h4-6,10,12,15-16H,7-9,11H2,1-3H3. The lowest BCUT2D eigenvalue weighted by Gasteiger charge is -2.42. The zero-order valence-electron chi connectivity index (χ0n) is 12.1. The van der Waals surface area contributed by atoms with Gasteiger partial charge < -0.3 is 0 Å². The summed E-state index contributed by atoms with van der Waals surface area (Å²) in [4.78, 5) is 0. The second-order valence-corrected chi connectivity index (χ2v) is 8.31. The number of alkyl halides is 1. The third-order valence-electron chi connectivity index (χ3n) is 4.59. The summed E-state index contributed by atoms with van der Waals surface area (Å²) in [6.07, 6.45) is 4.88. The van der Waals surface area contributed by atoms with E-state index in [-0.39, 0.29) is 5.41 Å². The summed E-state index contributed by atoms with van der Waals surface area (Å²) < 4.78 is 1.17. The van der Waals surface area contributed by atoms with Crippen molar-refractivity contribution < 1.29 is 0 Å². The molecule has 1 aromatic rings. The first-order chi connectivity index (χ1) is 8.88. The Balaban J connectivity index is 2.09. The van der Waals surface area contributed by atoms with Gasteiger partial charge in [-0.1, -0.05) is 55.3 Å². The van der Waals surface area contributed by atoms with E-state index in [0.717, 1.165) is 12.3 Å². The molecular formula is C17H24BrCl. The first kappa shape index (κ1) is 15.4. The number of halogens is 2. The minimum Gasteiger partial charge on any atom is -0.123 e. The van der Waals surface area contributed by atoms with Crippen molar-refractivity contribution >= 4 is 27.5 Å². The molecule has 1 aliphatic carbocycles. The number of hydrogen-bond donors (Lipinski definition) is 0. The van der Waals surface area contributed by atoms with Crippen LogP contribution < -0.4 is 0 Å². The molecule has 0 heterocycles. The smallest absolute Gasteiger partial charge is 0.0372 e. The normalized spacial score (nSPS) is 28.4. The topological polar surface area (TPSA) is 0 Å². The van der Waals surface area contributed by atoms with Crippen molar-refractivity contribution in [2.45, 2.75) is 51.8 Å². The molecule has 19 heavy (non-hydrogen) atoms. The average Bonchev–Trinajstić information content (AvgIpc) is 2.27. The zero-order valence-corrected chi connectivity index (χ0v) is 14.5. The Kier molecular flexibility index (Phi) is 5.00. The minimum absolute atomic E-state index is 0.271. The van der Waals surface area contributed by atoms with Crippen LogP contribution in [-0.4, -0.2) is 5.38 Å². The first-order valence-electron chi connectivity index (χ1n) is 7.27. The molecule has 1 aliphatic rings. The SMILES string of the molecule is CC1CCC(C(C)(C)Cc2cccc(Br)c2)C(Cl)C1. The molecular weight excluding hydrogens is 320 g/mol. The second-order valence-electron chi connectivity index (χ2n) is 6.84. The predicted octanol–water partition coefficient (Wildman–Crippen LogP) is 6.06. The van der Waals surface area contributed by atoms with Crippen molar-refractivity contribution in [2.75, 3.05) is 0 Å². The van der Waals surface area contributed by atoms with Gasteiger partial charge in [0.1, 0.15) is 0 Å². The Bertz CT molecular complexity index is 427. The molecule has 1 saturated carbocycles. The van der Waals surface area contributed by atoms with Crippen LogP contribution in [0, 0.1) is 17.3 Å². The van der Waals surface area contributed by atoms with E-state index in [2.05, 4.69) is 61.0 Å². The van der Waals surface area contributed by atoms with Crippen molar-refractivity contribution in [2.24, 2.45) is 17.3 Å². The van der Waals surface area contributed by atoms with Crippen molar-refractivity contribution in [1.82, 2.24) is 0 Å². The molecule has 2 rings (SSSR count). The molecule has 1 fully saturated rings. The Morgan fingerprint density at radius 1 is 1.32 bits per heavy atom. The maximum absolute atomic E-state index is 6.65. The highest BCUT2D eigenvalue weighted by Crippen LogP contribution is 2.44. The molecule has 3 unspecified atom stereocenters. The van der Waals surface area contributed by atoms with Crippen LogP contribution in [0.15, 0.2) is 28.7 Å². The van der Waals surface area contributed by atoms with Gasteiger partial charge in [0.25, 0.3) is 0 Å². The van der Waals surface area contributed by atoms with Crippen LogP contribution >= 0.6 is 27.5 Å². The van der Waals surface area contributed by atoms with Crippen molar-refractivity contribution in [1.29, 1.82) is 0 Å². The van der Waals surface area contributed by atoms with E-state index in [1.165, 1.54) is 29.3 Å². The van der Waals surface area contributed by atoms with Gasteiger partial charge in [0.15, 0.2) is 0 Å². The second kappa shape index (κ2) is 6.18. The first-order valence-corrected chi connectivity index (χ1v) is 8.50. The van der Waals surface area contributed by atoms with E-state index in [0.29, 0.717) is 11.3 Å². The molecule has 1 aromatic carbocycles. The number of rotatable bonds is 3. The van der Waals surface area contributed by atoms with Gasteiger partial charge >= 0.3 is 0 Å². The average molecular weight is 344 g/mol. The molecule has 0 aromatic heterocycles. The van der Waals surface area contributed by atoms with Gasteiger partial charge in [-0.15, -0.1) is 11.6 Å². The molecule has 0 radical (unpaired) electrons. The van der Waals surface area contributed by atoms with E-state index in [4.69, 9.17) is 11.6 Å². The monoisotopic (exact) mass is 342 g/mol. The lowest BCUT2D eigenvalue weighted by molar-refractivity contribution is 0.142. The summed E-state index contributed by atoms with van der Waals surface area (Å²) in [5, 5.41) is 0.339. The Morgan fingerprint density at radius 3 is 2.68 bits per heavy atom. The van der Waals surface area contributed by atoms with Crippen LogP contribution in [0.5, 0.6) is 0 Å².